The third kappa shape index (κ3) is 4.68. The quantitative estimate of drug-likeness (QED) is 0.723. The molecule has 0 unspecified atom stereocenters. The summed E-state index contributed by atoms with van der Waals surface area (Å²) < 4.78 is 5.86. The van der Waals surface area contributed by atoms with Gasteiger partial charge in [0.1, 0.15) is 12.2 Å². The van der Waals surface area contributed by atoms with Crippen LogP contribution >= 0.6 is 0 Å². The van der Waals surface area contributed by atoms with Crippen LogP contribution in [-0.2, 0) is 11.2 Å². The highest BCUT2D eigenvalue weighted by atomic mass is 16.5. The molecule has 4 atom stereocenters. The lowest BCUT2D eigenvalue weighted by Crippen LogP contribution is -2.44. The van der Waals surface area contributed by atoms with Gasteiger partial charge in [0.2, 0.25) is 0 Å². The molecule has 2 aromatic carbocycles. The number of aliphatic hydroxyl groups excluding tert-OH is 3. The predicted octanol–water partition coefficient (Wildman–Crippen LogP) is 3.13. The lowest BCUT2D eigenvalue weighted by Gasteiger charge is -2.37. The van der Waals surface area contributed by atoms with Gasteiger partial charge in [-0.25, -0.2) is 0 Å². The Hall–Kier alpha value is -2.23. The van der Waals surface area contributed by atoms with Gasteiger partial charge < -0.3 is 20.1 Å². The van der Waals surface area contributed by atoms with Crippen molar-refractivity contribution in [2.75, 3.05) is 6.61 Å². The fourth-order valence-corrected chi connectivity index (χ4v) is 3.90. The smallest absolute Gasteiger partial charge is 0.112 e. The van der Waals surface area contributed by atoms with Gasteiger partial charge in [-0.05, 0) is 53.1 Å². The third-order valence-corrected chi connectivity index (χ3v) is 5.71. The molecule has 0 saturated carbocycles. The Morgan fingerprint density at radius 2 is 1.86 bits per heavy atom. The Morgan fingerprint density at radius 1 is 1.17 bits per heavy atom. The molecule has 0 amide bonds. The van der Waals surface area contributed by atoms with Gasteiger partial charge in [-0.15, -0.1) is 0 Å². The van der Waals surface area contributed by atoms with Crippen LogP contribution in [0.4, 0.5) is 0 Å². The molecule has 0 aliphatic carbocycles. The van der Waals surface area contributed by atoms with Crippen molar-refractivity contribution in [3.63, 3.8) is 0 Å². The number of benzene rings is 2. The number of aryl methyl sites for hydroxylation is 1. The Bertz CT molecular complexity index is 885. The summed E-state index contributed by atoms with van der Waals surface area (Å²) in [4.78, 5) is 0. The molecule has 5 nitrogen and oxygen atoms in total. The summed E-state index contributed by atoms with van der Waals surface area (Å²) in [5, 5.41) is 39.8. The number of aliphatic hydroxyl groups is 3. The zero-order chi connectivity index (χ0) is 21.1. The summed E-state index contributed by atoms with van der Waals surface area (Å²) in [6.07, 6.45) is -2.54. The molecule has 1 saturated heterocycles. The Kier molecular flexibility index (Phi) is 6.71. The maximum Gasteiger partial charge on any atom is 0.112 e. The molecular weight excluding hydrogens is 366 g/mol. The van der Waals surface area contributed by atoms with Crippen LogP contribution in [0.5, 0.6) is 0 Å². The standard InChI is InChI=1S/C24H29NO4/c1-14(2)17-6-4-16(5-7-17)9-18-10-21(15(3)8-19(18)12-25)24-23(28)22(27)11-20(13-26)29-24/h4-8,10,14,20,22-24,26-28H,9,11,13H2,1-3H3/t20-,22-,23+,24-/m0/s1. The van der Waals surface area contributed by atoms with Crippen molar-refractivity contribution >= 4 is 0 Å². The molecule has 1 fully saturated rings. The Labute approximate surface area is 172 Å². The Balaban J connectivity index is 1.95. The van der Waals surface area contributed by atoms with Crippen LogP contribution in [0.15, 0.2) is 36.4 Å². The van der Waals surface area contributed by atoms with E-state index in [0.29, 0.717) is 17.9 Å². The number of hydrogen-bond acceptors (Lipinski definition) is 5. The average molecular weight is 395 g/mol. The lowest BCUT2D eigenvalue weighted by atomic mass is 9.87. The van der Waals surface area contributed by atoms with E-state index in [9.17, 15) is 20.6 Å². The van der Waals surface area contributed by atoms with Gasteiger partial charge in [0.05, 0.1) is 30.4 Å². The maximum absolute atomic E-state index is 10.5. The lowest BCUT2D eigenvalue weighted by molar-refractivity contribution is -0.179. The molecule has 2 aromatic rings. The molecule has 1 aliphatic heterocycles. The topological polar surface area (TPSA) is 93.7 Å². The molecule has 1 aliphatic rings. The molecule has 0 radical (unpaired) electrons. The van der Waals surface area contributed by atoms with Crippen molar-refractivity contribution in [3.05, 3.63) is 69.8 Å². The summed E-state index contributed by atoms with van der Waals surface area (Å²) in [5.41, 5.74) is 5.35. The van der Waals surface area contributed by atoms with Crippen molar-refractivity contribution in [1.29, 1.82) is 5.26 Å². The second-order valence-corrected chi connectivity index (χ2v) is 8.21. The van der Waals surface area contributed by atoms with Gasteiger partial charge in [0.25, 0.3) is 0 Å². The summed E-state index contributed by atoms with van der Waals surface area (Å²) in [5.74, 6) is 0.459. The number of rotatable bonds is 5. The molecule has 0 aromatic heterocycles. The summed E-state index contributed by atoms with van der Waals surface area (Å²) >= 11 is 0. The molecule has 5 heteroatoms. The van der Waals surface area contributed by atoms with Gasteiger partial charge >= 0.3 is 0 Å². The third-order valence-electron chi connectivity index (χ3n) is 5.71. The van der Waals surface area contributed by atoms with E-state index in [2.05, 4.69) is 44.2 Å². The van der Waals surface area contributed by atoms with Crippen LogP contribution in [0.3, 0.4) is 0 Å². The average Bonchev–Trinajstić information content (AvgIpc) is 2.71. The summed E-state index contributed by atoms with van der Waals surface area (Å²) in [6, 6.07) is 14.3. The van der Waals surface area contributed by atoms with Gasteiger partial charge in [-0.3, -0.25) is 0 Å². The minimum absolute atomic E-state index is 0.193. The van der Waals surface area contributed by atoms with Crippen LogP contribution in [0.25, 0.3) is 0 Å². The molecule has 3 rings (SSSR count). The van der Waals surface area contributed by atoms with Gasteiger partial charge in [0.15, 0.2) is 0 Å². The first-order chi connectivity index (χ1) is 13.8. The Morgan fingerprint density at radius 3 is 2.45 bits per heavy atom. The van der Waals surface area contributed by atoms with E-state index in [1.807, 2.05) is 13.0 Å². The zero-order valence-corrected chi connectivity index (χ0v) is 17.2. The molecule has 29 heavy (non-hydrogen) atoms. The highest BCUT2D eigenvalue weighted by Crippen LogP contribution is 2.35. The largest absolute Gasteiger partial charge is 0.394 e. The first-order valence-corrected chi connectivity index (χ1v) is 10.1. The zero-order valence-electron chi connectivity index (χ0n) is 17.2. The van der Waals surface area contributed by atoms with Crippen LogP contribution in [0, 0.1) is 18.3 Å². The molecule has 0 bridgehead atoms. The van der Waals surface area contributed by atoms with E-state index in [-0.39, 0.29) is 13.0 Å². The fraction of sp³-hybridized carbons (Fsp3) is 0.458. The van der Waals surface area contributed by atoms with E-state index < -0.39 is 24.4 Å². The molecule has 154 valence electrons. The first-order valence-electron chi connectivity index (χ1n) is 10.1. The minimum atomic E-state index is -1.08. The number of nitriles is 1. The molecular formula is C24H29NO4. The first kappa shape index (κ1) is 21.5. The number of nitrogens with zero attached hydrogens (tertiary/aromatic N) is 1. The normalized spacial score (nSPS) is 24.5. The van der Waals surface area contributed by atoms with Crippen molar-refractivity contribution in [1.82, 2.24) is 0 Å². The second-order valence-electron chi connectivity index (χ2n) is 8.21. The van der Waals surface area contributed by atoms with E-state index in [0.717, 1.165) is 22.3 Å². The van der Waals surface area contributed by atoms with Crippen molar-refractivity contribution in [2.24, 2.45) is 0 Å². The van der Waals surface area contributed by atoms with Crippen LogP contribution in [-0.4, -0.2) is 40.2 Å². The summed E-state index contributed by atoms with van der Waals surface area (Å²) in [7, 11) is 0. The van der Waals surface area contributed by atoms with Crippen LogP contribution in [0.2, 0.25) is 0 Å². The van der Waals surface area contributed by atoms with Crippen molar-refractivity contribution in [2.45, 2.75) is 63.9 Å². The highest BCUT2D eigenvalue weighted by molar-refractivity contribution is 5.47. The van der Waals surface area contributed by atoms with Crippen LogP contribution < -0.4 is 0 Å². The second kappa shape index (κ2) is 9.06. The maximum atomic E-state index is 10.5. The number of ether oxygens (including phenoxy) is 1. The predicted molar refractivity (Wildman–Crippen MR) is 111 cm³/mol. The monoisotopic (exact) mass is 395 g/mol. The van der Waals surface area contributed by atoms with Crippen LogP contribution in [0.1, 0.15) is 65.7 Å². The van der Waals surface area contributed by atoms with Crippen molar-refractivity contribution in [3.8, 4) is 6.07 Å². The summed E-state index contributed by atoms with van der Waals surface area (Å²) in [6.45, 7) is 5.95. The highest BCUT2D eigenvalue weighted by Gasteiger charge is 2.38. The minimum Gasteiger partial charge on any atom is -0.394 e. The fourth-order valence-electron chi connectivity index (χ4n) is 3.90. The SMILES string of the molecule is Cc1cc(C#N)c(Cc2ccc(C(C)C)cc2)cc1[C@@H]1O[C@H](CO)C[C@H](O)[C@H]1O. The van der Waals surface area contributed by atoms with Gasteiger partial charge in [0, 0.05) is 6.42 Å². The molecule has 0 spiro atoms. The van der Waals surface area contributed by atoms with Gasteiger partial charge in [-0.1, -0.05) is 44.2 Å². The molecule has 1 heterocycles. The van der Waals surface area contributed by atoms with E-state index in [1.54, 1.807) is 6.07 Å². The molecule has 3 N–H and O–H groups in total. The van der Waals surface area contributed by atoms with Crippen molar-refractivity contribution < 1.29 is 20.1 Å². The number of hydrogen-bond donors (Lipinski definition) is 3. The van der Waals surface area contributed by atoms with E-state index in [4.69, 9.17) is 4.74 Å². The van der Waals surface area contributed by atoms with E-state index in [1.165, 1.54) is 5.56 Å². The van der Waals surface area contributed by atoms with Gasteiger partial charge in [-0.2, -0.15) is 5.26 Å². The van der Waals surface area contributed by atoms with E-state index >= 15 is 0 Å².